The van der Waals surface area contributed by atoms with E-state index in [1.54, 1.807) is 0 Å². The van der Waals surface area contributed by atoms with Crippen LogP contribution in [0.1, 0.15) is 66.0 Å². The number of thioether (sulfide) groups is 1. The van der Waals surface area contributed by atoms with Crippen molar-refractivity contribution in [1.29, 1.82) is 0 Å². The first kappa shape index (κ1) is 27.5. The van der Waals surface area contributed by atoms with Crippen LogP contribution in [0.4, 0.5) is 0 Å². The first-order valence-electron chi connectivity index (χ1n) is 13.8. The largest absolute Gasteiger partial charge is 0.377 e. The molecule has 1 aliphatic carbocycles. The van der Waals surface area contributed by atoms with E-state index in [0.717, 1.165) is 52.9 Å². The van der Waals surface area contributed by atoms with Crippen LogP contribution >= 0.6 is 11.8 Å². The van der Waals surface area contributed by atoms with Crippen molar-refractivity contribution < 1.29 is 14.3 Å². The molecule has 1 saturated carbocycles. The maximum Gasteiger partial charge on any atom is 0.254 e. The minimum absolute atomic E-state index is 0.0639. The molecule has 1 atom stereocenters. The molecule has 39 heavy (non-hydrogen) atoms. The predicted octanol–water partition coefficient (Wildman–Crippen LogP) is 4.48. The molecule has 0 bridgehead atoms. The fraction of sp³-hybridized carbons (Fsp3) is 0.500. The Kier molecular flexibility index (Phi) is 8.19. The van der Waals surface area contributed by atoms with Crippen molar-refractivity contribution in [3.63, 3.8) is 0 Å². The van der Waals surface area contributed by atoms with Crippen LogP contribution in [0, 0.1) is 25.7 Å². The third kappa shape index (κ3) is 5.52. The SMILES string of the molecule is CSc1cc(C)[nH]c(=O)c1CNC(=O)c1c(C)n([C@H](C)[C@H]2CC[C@H](C(=O)NC3COC3)CC2)c2ccccc12. The summed E-state index contributed by atoms with van der Waals surface area (Å²) >= 11 is 1.50. The average molecular weight is 551 g/mol. The van der Waals surface area contributed by atoms with Gasteiger partial charge in [-0.3, -0.25) is 14.4 Å². The molecule has 2 amide bonds. The predicted molar refractivity (Wildman–Crippen MR) is 154 cm³/mol. The quantitative estimate of drug-likeness (QED) is 0.359. The van der Waals surface area contributed by atoms with Crippen molar-refractivity contribution >= 4 is 34.5 Å². The lowest BCUT2D eigenvalue weighted by atomic mass is 9.78. The Morgan fingerprint density at radius 1 is 1.15 bits per heavy atom. The Morgan fingerprint density at radius 3 is 2.54 bits per heavy atom. The molecular formula is C30H38N4O4S. The van der Waals surface area contributed by atoms with Gasteiger partial charge in [-0.2, -0.15) is 0 Å². The number of amides is 2. The summed E-state index contributed by atoms with van der Waals surface area (Å²) in [5.74, 6) is 0.464. The zero-order valence-corrected chi connectivity index (χ0v) is 24.0. The van der Waals surface area contributed by atoms with Gasteiger partial charge >= 0.3 is 0 Å². The molecule has 8 nitrogen and oxygen atoms in total. The summed E-state index contributed by atoms with van der Waals surface area (Å²) in [5, 5.41) is 7.05. The van der Waals surface area contributed by atoms with E-state index in [1.807, 2.05) is 44.4 Å². The molecule has 3 aromatic rings. The van der Waals surface area contributed by atoms with Gasteiger partial charge in [0.1, 0.15) is 0 Å². The number of hydrogen-bond acceptors (Lipinski definition) is 5. The Labute approximate surface area is 233 Å². The molecule has 2 aromatic heterocycles. The van der Waals surface area contributed by atoms with Crippen LogP contribution in [0.25, 0.3) is 10.9 Å². The summed E-state index contributed by atoms with van der Waals surface area (Å²) in [6, 6.07) is 10.3. The minimum atomic E-state index is -0.179. The van der Waals surface area contributed by atoms with E-state index >= 15 is 0 Å². The first-order valence-corrected chi connectivity index (χ1v) is 15.0. The normalized spacial score (nSPS) is 20.4. The number of fused-ring (bicyclic) bond motifs is 1. The highest BCUT2D eigenvalue weighted by atomic mass is 32.2. The molecular weight excluding hydrogens is 512 g/mol. The monoisotopic (exact) mass is 550 g/mol. The Balaban J connectivity index is 1.34. The van der Waals surface area contributed by atoms with E-state index in [9.17, 15) is 14.4 Å². The number of benzene rings is 1. The second-order valence-corrected chi connectivity index (χ2v) is 11.8. The lowest BCUT2D eigenvalue weighted by molar-refractivity contribution is -0.130. The number of aromatic amines is 1. The summed E-state index contributed by atoms with van der Waals surface area (Å²) in [6.07, 6.45) is 5.64. The molecule has 0 radical (unpaired) electrons. The number of nitrogens with one attached hydrogen (secondary N) is 3. The third-order valence-corrected chi connectivity index (χ3v) is 9.28. The van der Waals surface area contributed by atoms with Gasteiger partial charge < -0.3 is 24.9 Å². The van der Waals surface area contributed by atoms with Gasteiger partial charge in [-0.05, 0) is 70.8 Å². The van der Waals surface area contributed by atoms with Gasteiger partial charge in [0.2, 0.25) is 5.91 Å². The Bertz CT molecular complexity index is 1430. The van der Waals surface area contributed by atoms with Gasteiger partial charge in [-0.1, -0.05) is 18.2 Å². The Morgan fingerprint density at radius 2 is 1.87 bits per heavy atom. The van der Waals surface area contributed by atoms with E-state index < -0.39 is 0 Å². The van der Waals surface area contributed by atoms with Crippen LogP contribution in [0.5, 0.6) is 0 Å². The summed E-state index contributed by atoms with van der Waals surface area (Å²) in [7, 11) is 0. The second-order valence-electron chi connectivity index (χ2n) is 11.0. The number of H-pyrrole nitrogens is 1. The lowest BCUT2D eigenvalue weighted by Crippen LogP contribution is -2.50. The highest BCUT2D eigenvalue weighted by molar-refractivity contribution is 7.98. The van der Waals surface area contributed by atoms with Crippen molar-refractivity contribution in [3.8, 4) is 0 Å². The number of rotatable bonds is 8. The van der Waals surface area contributed by atoms with Gasteiger partial charge in [0, 0.05) is 51.3 Å². The number of ether oxygens (including phenoxy) is 1. The number of nitrogens with zero attached hydrogens (tertiary/aromatic N) is 1. The standard InChI is InChI=1S/C30H38N4O4S/c1-17-13-26(39-4)24(29(36)32-17)14-31-30(37)27-19(3)34(25-8-6-5-7-23(25)27)18(2)20-9-11-21(12-10-20)28(35)33-22-15-38-16-22/h5-8,13,18,20-22H,9-12,14-16H2,1-4H3,(H,31,37)(H,32,36)(H,33,35)/t18-,20-,21-/m1/s1. The molecule has 1 aromatic carbocycles. The van der Waals surface area contributed by atoms with Crippen LogP contribution in [-0.4, -0.2) is 46.9 Å². The molecule has 3 N–H and O–H groups in total. The molecule has 3 heterocycles. The van der Waals surface area contributed by atoms with Crippen molar-refractivity contribution in [2.45, 2.75) is 70.0 Å². The Hall–Kier alpha value is -3.04. The molecule has 2 aliphatic rings. The van der Waals surface area contributed by atoms with Gasteiger partial charge in [0.15, 0.2) is 0 Å². The molecule has 1 aliphatic heterocycles. The van der Waals surface area contributed by atoms with E-state index in [0.29, 0.717) is 30.3 Å². The first-order chi connectivity index (χ1) is 18.8. The minimum Gasteiger partial charge on any atom is -0.377 e. The number of para-hydroxylation sites is 1. The van der Waals surface area contributed by atoms with E-state index in [-0.39, 0.29) is 41.9 Å². The molecule has 208 valence electrons. The number of aromatic nitrogens is 2. The number of carbonyl (C=O) groups is 2. The fourth-order valence-corrected chi connectivity index (χ4v) is 6.91. The summed E-state index contributed by atoms with van der Waals surface area (Å²) in [4.78, 5) is 42.6. The van der Waals surface area contributed by atoms with Crippen molar-refractivity contribution in [3.05, 3.63) is 63.2 Å². The number of hydrogen-bond donors (Lipinski definition) is 3. The summed E-state index contributed by atoms with van der Waals surface area (Å²) in [5.41, 5.74) is 3.82. The van der Waals surface area contributed by atoms with Gasteiger partial charge in [-0.25, -0.2) is 0 Å². The van der Waals surface area contributed by atoms with Crippen LogP contribution in [-0.2, 0) is 16.1 Å². The van der Waals surface area contributed by atoms with E-state index in [1.165, 1.54) is 11.8 Å². The molecule has 0 spiro atoms. The number of carbonyl (C=O) groups excluding carboxylic acids is 2. The van der Waals surface area contributed by atoms with Crippen molar-refractivity contribution in [2.75, 3.05) is 19.5 Å². The molecule has 1 saturated heterocycles. The smallest absolute Gasteiger partial charge is 0.254 e. The van der Waals surface area contributed by atoms with Gasteiger partial charge in [0.25, 0.3) is 11.5 Å². The maximum atomic E-state index is 13.6. The highest BCUT2D eigenvalue weighted by Crippen LogP contribution is 2.39. The van der Waals surface area contributed by atoms with Crippen molar-refractivity contribution in [2.24, 2.45) is 11.8 Å². The average Bonchev–Trinajstić information content (AvgIpc) is 3.20. The van der Waals surface area contributed by atoms with Crippen LogP contribution in [0.15, 0.2) is 40.0 Å². The van der Waals surface area contributed by atoms with Crippen LogP contribution in [0.2, 0.25) is 0 Å². The highest BCUT2D eigenvalue weighted by Gasteiger charge is 2.33. The number of pyridine rings is 1. The molecule has 9 heteroatoms. The van der Waals surface area contributed by atoms with Gasteiger partial charge in [0.05, 0.1) is 24.8 Å². The second kappa shape index (κ2) is 11.6. The lowest BCUT2D eigenvalue weighted by Gasteiger charge is -2.35. The topological polar surface area (TPSA) is 105 Å². The van der Waals surface area contributed by atoms with E-state index in [4.69, 9.17) is 4.74 Å². The molecule has 0 unspecified atom stereocenters. The van der Waals surface area contributed by atoms with Crippen LogP contribution < -0.4 is 16.2 Å². The van der Waals surface area contributed by atoms with Gasteiger partial charge in [-0.15, -0.1) is 11.8 Å². The molecule has 5 rings (SSSR count). The zero-order valence-electron chi connectivity index (χ0n) is 23.1. The summed E-state index contributed by atoms with van der Waals surface area (Å²) < 4.78 is 7.48. The number of aryl methyl sites for hydroxylation is 1. The zero-order chi connectivity index (χ0) is 27.7. The third-order valence-electron chi connectivity index (χ3n) is 8.48. The van der Waals surface area contributed by atoms with Crippen LogP contribution in [0.3, 0.4) is 0 Å². The fourth-order valence-electron chi connectivity index (χ4n) is 6.21. The maximum absolute atomic E-state index is 13.6. The summed E-state index contributed by atoms with van der Waals surface area (Å²) in [6.45, 7) is 7.50. The van der Waals surface area contributed by atoms with Crippen molar-refractivity contribution in [1.82, 2.24) is 20.2 Å². The van der Waals surface area contributed by atoms with E-state index in [2.05, 4.69) is 33.2 Å². The molecule has 2 fully saturated rings.